The summed E-state index contributed by atoms with van der Waals surface area (Å²) in [4.78, 5) is 6.93. The van der Waals surface area contributed by atoms with E-state index in [2.05, 4.69) is 10.3 Å². The van der Waals surface area contributed by atoms with E-state index < -0.39 is 12.6 Å². The lowest BCUT2D eigenvalue weighted by atomic mass is 10.4. The number of rotatable bonds is 6. The van der Waals surface area contributed by atoms with Crippen LogP contribution in [0.5, 0.6) is 0 Å². The van der Waals surface area contributed by atoms with E-state index in [0.29, 0.717) is 11.7 Å². The van der Waals surface area contributed by atoms with Gasteiger partial charge in [-0.25, -0.2) is 4.98 Å². The summed E-state index contributed by atoms with van der Waals surface area (Å²) in [6, 6.07) is 0. The van der Waals surface area contributed by atoms with Crippen molar-refractivity contribution in [2.75, 3.05) is 25.0 Å². The average Bonchev–Trinajstić information content (AvgIpc) is 2.64. The molecule has 0 aliphatic heterocycles. The van der Waals surface area contributed by atoms with Crippen molar-refractivity contribution in [3.05, 3.63) is 10.6 Å². The number of alkyl halides is 3. The highest BCUT2D eigenvalue weighted by atomic mass is 32.1. The van der Waals surface area contributed by atoms with E-state index in [9.17, 15) is 13.2 Å². The maximum Gasteiger partial charge on any atom is 0.390 e. The van der Waals surface area contributed by atoms with Gasteiger partial charge in [-0.15, -0.1) is 11.3 Å². The van der Waals surface area contributed by atoms with Crippen LogP contribution in [0.15, 0.2) is 0 Å². The molecule has 0 aliphatic carbocycles. The van der Waals surface area contributed by atoms with Gasteiger partial charge in [0, 0.05) is 25.0 Å². The molecule has 0 amide bonds. The van der Waals surface area contributed by atoms with Gasteiger partial charge < -0.3 is 10.2 Å². The van der Waals surface area contributed by atoms with Gasteiger partial charge in [0.1, 0.15) is 0 Å². The molecule has 0 fully saturated rings. The Hall–Kier alpha value is -0.820. The summed E-state index contributed by atoms with van der Waals surface area (Å²) in [5.41, 5.74) is 0.884. The summed E-state index contributed by atoms with van der Waals surface area (Å²) in [7, 11) is 1.64. The zero-order chi connectivity index (χ0) is 13.8. The van der Waals surface area contributed by atoms with Crippen molar-refractivity contribution in [1.82, 2.24) is 10.3 Å². The predicted octanol–water partition coefficient (Wildman–Crippen LogP) is 2.95. The van der Waals surface area contributed by atoms with E-state index in [1.54, 1.807) is 11.9 Å². The fraction of sp³-hybridized carbons (Fsp3) is 0.727. The second kappa shape index (κ2) is 6.38. The Bertz CT molecular complexity index is 376. The number of nitrogens with zero attached hydrogens (tertiary/aromatic N) is 2. The third-order valence-electron chi connectivity index (χ3n) is 2.47. The van der Waals surface area contributed by atoms with E-state index in [-0.39, 0.29) is 6.54 Å². The molecule has 0 atom stereocenters. The van der Waals surface area contributed by atoms with Crippen LogP contribution in [0.1, 0.15) is 23.9 Å². The first-order chi connectivity index (χ1) is 8.33. The van der Waals surface area contributed by atoms with E-state index in [1.807, 2.05) is 13.8 Å². The molecule has 1 heterocycles. The normalized spacial score (nSPS) is 11.9. The molecule has 0 aliphatic rings. The number of aryl methyl sites for hydroxylation is 1. The standard InChI is InChI=1S/C11H18F3N3S/c1-4-15-7-9-8(2)16-10(18-9)17(3)6-5-11(12,13)14/h15H,4-7H2,1-3H3. The molecule has 0 saturated carbocycles. The average molecular weight is 281 g/mol. The highest BCUT2D eigenvalue weighted by molar-refractivity contribution is 7.15. The predicted molar refractivity (Wildman–Crippen MR) is 68.2 cm³/mol. The van der Waals surface area contributed by atoms with Crippen LogP contribution in [0.2, 0.25) is 0 Å². The molecule has 1 aromatic rings. The van der Waals surface area contributed by atoms with Gasteiger partial charge in [0.2, 0.25) is 0 Å². The Morgan fingerprint density at radius 1 is 1.39 bits per heavy atom. The van der Waals surface area contributed by atoms with Crippen molar-refractivity contribution in [3.8, 4) is 0 Å². The first kappa shape index (κ1) is 15.2. The highest BCUT2D eigenvalue weighted by Gasteiger charge is 2.27. The van der Waals surface area contributed by atoms with Crippen molar-refractivity contribution in [1.29, 1.82) is 0 Å². The van der Waals surface area contributed by atoms with Crippen molar-refractivity contribution >= 4 is 16.5 Å². The molecular formula is C11H18F3N3S. The summed E-state index contributed by atoms with van der Waals surface area (Å²) in [6.45, 7) is 5.40. The van der Waals surface area contributed by atoms with Gasteiger partial charge in [-0.1, -0.05) is 6.92 Å². The molecule has 0 bridgehead atoms. The molecule has 0 aromatic carbocycles. The molecule has 0 spiro atoms. The van der Waals surface area contributed by atoms with Crippen LogP contribution < -0.4 is 10.2 Å². The molecule has 0 radical (unpaired) electrons. The lowest BCUT2D eigenvalue weighted by molar-refractivity contribution is -0.132. The van der Waals surface area contributed by atoms with Gasteiger partial charge in [0.25, 0.3) is 0 Å². The molecule has 3 nitrogen and oxygen atoms in total. The summed E-state index contributed by atoms with van der Waals surface area (Å²) in [5, 5.41) is 3.83. The number of hydrogen-bond donors (Lipinski definition) is 1. The zero-order valence-corrected chi connectivity index (χ0v) is 11.6. The van der Waals surface area contributed by atoms with Gasteiger partial charge in [0.15, 0.2) is 5.13 Å². The molecule has 1 aromatic heterocycles. The second-order valence-corrected chi connectivity index (χ2v) is 5.13. The molecule has 1 rings (SSSR count). The van der Waals surface area contributed by atoms with Gasteiger partial charge in [-0.3, -0.25) is 0 Å². The molecule has 0 saturated heterocycles. The minimum atomic E-state index is -4.12. The van der Waals surface area contributed by atoms with E-state index in [4.69, 9.17) is 0 Å². The molecule has 104 valence electrons. The van der Waals surface area contributed by atoms with Crippen LogP contribution in [-0.4, -0.2) is 31.3 Å². The third-order valence-corrected chi connectivity index (χ3v) is 3.75. The van der Waals surface area contributed by atoms with Crippen molar-refractivity contribution in [2.24, 2.45) is 0 Å². The highest BCUT2D eigenvalue weighted by Crippen LogP contribution is 2.27. The third kappa shape index (κ3) is 4.81. The van der Waals surface area contributed by atoms with Crippen molar-refractivity contribution in [3.63, 3.8) is 0 Å². The number of anilines is 1. The van der Waals surface area contributed by atoms with Crippen molar-refractivity contribution in [2.45, 2.75) is 33.0 Å². The molecule has 18 heavy (non-hydrogen) atoms. The van der Waals surface area contributed by atoms with Crippen LogP contribution in [-0.2, 0) is 6.54 Å². The fourth-order valence-corrected chi connectivity index (χ4v) is 2.39. The minimum absolute atomic E-state index is 0.0584. The summed E-state index contributed by atoms with van der Waals surface area (Å²) >= 11 is 1.44. The van der Waals surface area contributed by atoms with Crippen LogP contribution in [0.3, 0.4) is 0 Å². The maximum atomic E-state index is 12.1. The monoisotopic (exact) mass is 281 g/mol. The maximum absolute atomic E-state index is 12.1. The van der Waals surface area contributed by atoms with Gasteiger partial charge >= 0.3 is 6.18 Å². The smallest absolute Gasteiger partial charge is 0.351 e. The number of thiazole rings is 1. The van der Waals surface area contributed by atoms with Crippen LogP contribution in [0.4, 0.5) is 18.3 Å². The second-order valence-electron chi connectivity index (χ2n) is 4.07. The lowest BCUT2D eigenvalue weighted by Crippen LogP contribution is -2.23. The molecule has 1 N–H and O–H groups in total. The lowest BCUT2D eigenvalue weighted by Gasteiger charge is -2.16. The Labute approximate surface area is 109 Å². The topological polar surface area (TPSA) is 28.2 Å². The minimum Gasteiger partial charge on any atom is -0.351 e. The fourth-order valence-electron chi connectivity index (χ4n) is 1.37. The number of aromatic nitrogens is 1. The zero-order valence-electron chi connectivity index (χ0n) is 10.8. The van der Waals surface area contributed by atoms with Gasteiger partial charge in [-0.05, 0) is 13.5 Å². The van der Waals surface area contributed by atoms with E-state index >= 15 is 0 Å². The largest absolute Gasteiger partial charge is 0.390 e. The Kier molecular flexibility index (Phi) is 5.40. The van der Waals surface area contributed by atoms with E-state index in [0.717, 1.165) is 17.1 Å². The summed E-state index contributed by atoms with van der Waals surface area (Å²) in [5.74, 6) is 0. The molecule has 7 heteroatoms. The first-order valence-electron chi connectivity index (χ1n) is 5.78. The van der Waals surface area contributed by atoms with Crippen molar-refractivity contribution < 1.29 is 13.2 Å². The Balaban J connectivity index is 2.60. The van der Waals surface area contributed by atoms with Gasteiger partial charge in [-0.2, -0.15) is 13.2 Å². The molecule has 0 unspecified atom stereocenters. The number of hydrogen-bond acceptors (Lipinski definition) is 4. The Morgan fingerprint density at radius 2 is 2.06 bits per heavy atom. The van der Waals surface area contributed by atoms with Crippen LogP contribution in [0, 0.1) is 6.92 Å². The number of nitrogens with one attached hydrogen (secondary N) is 1. The molecular weight excluding hydrogens is 263 g/mol. The number of halogens is 3. The Morgan fingerprint density at radius 3 is 2.61 bits per heavy atom. The van der Waals surface area contributed by atoms with Crippen LogP contribution in [0.25, 0.3) is 0 Å². The first-order valence-corrected chi connectivity index (χ1v) is 6.60. The SMILES string of the molecule is CCNCc1sc(N(C)CCC(F)(F)F)nc1C. The van der Waals surface area contributed by atoms with Gasteiger partial charge in [0.05, 0.1) is 12.1 Å². The summed E-state index contributed by atoms with van der Waals surface area (Å²) < 4.78 is 36.4. The van der Waals surface area contributed by atoms with E-state index in [1.165, 1.54) is 11.3 Å². The summed E-state index contributed by atoms with van der Waals surface area (Å²) in [6.07, 6.45) is -4.93. The van der Waals surface area contributed by atoms with Crippen LogP contribution >= 0.6 is 11.3 Å². The quantitative estimate of drug-likeness (QED) is 0.869.